The molecule has 2 N–H and O–H groups in total. The Bertz CT molecular complexity index is 1290. The molecule has 0 aliphatic carbocycles. The van der Waals surface area contributed by atoms with Crippen LogP contribution in [0.2, 0.25) is 0 Å². The summed E-state index contributed by atoms with van der Waals surface area (Å²) in [6.07, 6.45) is 3.79. The van der Waals surface area contributed by atoms with Gasteiger partial charge in [0.05, 0.1) is 25.4 Å². The van der Waals surface area contributed by atoms with E-state index in [1.54, 1.807) is 12.1 Å². The topological polar surface area (TPSA) is 106 Å². The Hall–Kier alpha value is -4.53. The maximum absolute atomic E-state index is 12.9. The van der Waals surface area contributed by atoms with E-state index in [1.807, 2.05) is 59.5 Å². The van der Waals surface area contributed by atoms with E-state index < -0.39 is 18.0 Å². The number of hydrogen-bond donors (Lipinski definition) is 2. The Labute approximate surface area is 225 Å². The van der Waals surface area contributed by atoms with Crippen LogP contribution in [-0.4, -0.2) is 54.6 Å². The standard InChI is InChI=1S/C30H30FNO7/c31-23-11-15-25(16-12-23)38-19-3-18-37-24-13-8-21(9-14-24)7-10-22-4-1-5-26-29(22)39-27(30(35)36)20-32(26)17-2-6-28(33)34/h1,4-5,7-16,27H,2-3,6,17-20H2,(H,33,34)(H,35,36)/b10-7+. The molecule has 1 unspecified atom stereocenters. The fourth-order valence-electron chi connectivity index (χ4n) is 4.12. The third-order valence-corrected chi connectivity index (χ3v) is 6.08. The number of nitrogens with zero attached hydrogens (tertiary/aromatic N) is 1. The molecule has 1 aliphatic rings. The Morgan fingerprint density at radius 1 is 0.923 bits per heavy atom. The molecule has 0 spiro atoms. The van der Waals surface area contributed by atoms with Gasteiger partial charge in [0, 0.05) is 24.9 Å². The second kappa shape index (κ2) is 13.3. The molecule has 9 heteroatoms. The van der Waals surface area contributed by atoms with Crippen molar-refractivity contribution in [3.63, 3.8) is 0 Å². The van der Waals surface area contributed by atoms with E-state index >= 15 is 0 Å². The molecular formula is C30H30FNO7. The third kappa shape index (κ3) is 7.98. The fourth-order valence-corrected chi connectivity index (χ4v) is 4.12. The quantitative estimate of drug-likeness (QED) is 0.223. The van der Waals surface area contributed by atoms with Crippen molar-refractivity contribution < 1.29 is 38.4 Å². The molecule has 8 nitrogen and oxygen atoms in total. The molecule has 204 valence electrons. The van der Waals surface area contributed by atoms with Crippen molar-refractivity contribution >= 4 is 29.8 Å². The highest BCUT2D eigenvalue weighted by Crippen LogP contribution is 2.38. The highest BCUT2D eigenvalue weighted by atomic mass is 19.1. The fraction of sp³-hybridized carbons (Fsp3) is 0.267. The molecule has 4 rings (SSSR count). The van der Waals surface area contributed by atoms with Gasteiger partial charge in [0.2, 0.25) is 6.10 Å². The van der Waals surface area contributed by atoms with Crippen LogP contribution in [0, 0.1) is 5.82 Å². The summed E-state index contributed by atoms with van der Waals surface area (Å²) < 4.78 is 30.1. The zero-order valence-electron chi connectivity index (χ0n) is 21.3. The normalized spacial score (nSPS) is 14.5. The number of rotatable bonds is 13. The van der Waals surface area contributed by atoms with E-state index in [4.69, 9.17) is 19.3 Å². The summed E-state index contributed by atoms with van der Waals surface area (Å²) in [5.74, 6) is -0.463. The van der Waals surface area contributed by atoms with Gasteiger partial charge in [-0.3, -0.25) is 4.79 Å². The van der Waals surface area contributed by atoms with E-state index in [0.717, 1.165) is 22.6 Å². The molecule has 1 heterocycles. The average molecular weight is 536 g/mol. The maximum atomic E-state index is 12.9. The van der Waals surface area contributed by atoms with Crippen LogP contribution < -0.4 is 19.1 Å². The lowest BCUT2D eigenvalue weighted by Crippen LogP contribution is -2.45. The van der Waals surface area contributed by atoms with Gasteiger partial charge in [-0.25, -0.2) is 9.18 Å². The smallest absolute Gasteiger partial charge is 0.346 e. The first kappa shape index (κ1) is 27.5. The highest BCUT2D eigenvalue weighted by molar-refractivity contribution is 5.81. The number of anilines is 1. The molecule has 0 saturated carbocycles. The zero-order valence-corrected chi connectivity index (χ0v) is 21.3. The summed E-state index contributed by atoms with van der Waals surface area (Å²) in [5.41, 5.74) is 2.39. The number of aliphatic carboxylic acids is 2. The number of benzene rings is 3. The zero-order chi connectivity index (χ0) is 27.6. The summed E-state index contributed by atoms with van der Waals surface area (Å²) in [4.78, 5) is 24.5. The Morgan fingerprint density at radius 2 is 1.59 bits per heavy atom. The number of carboxylic acid groups (broad SMARTS) is 2. The van der Waals surface area contributed by atoms with Gasteiger partial charge >= 0.3 is 11.9 Å². The van der Waals surface area contributed by atoms with Crippen LogP contribution in [0.5, 0.6) is 17.2 Å². The predicted molar refractivity (Wildman–Crippen MR) is 145 cm³/mol. The van der Waals surface area contributed by atoms with Gasteiger partial charge in [-0.2, -0.15) is 0 Å². The number of fused-ring (bicyclic) bond motifs is 1. The van der Waals surface area contributed by atoms with E-state index in [-0.39, 0.29) is 18.8 Å². The molecular weight excluding hydrogens is 505 g/mol. The minimum atomic E-state index is -1.07. The minimum absolute atomic E-state index is 0.00745. The Balaban J connectivity index is 1.34. The number of para-hydroxylation sites is 1. The van der Waals surface area contributed by atoms with E-state index in [0.29, 0.717) is 44.1 Å². The van der Waals surface area contributed by atoms with Gasteiger partial charge in [0.15, 0.2) is 5.75 Å². The van der Waals surface area contributed by atoms with Crippen molar-refractivity contribution in [1.29, 1.82) is 0 Å². The van der Waals surface area contributed by atoms with Crippen LogP contribution in [0.4, 0.5) is 10.1 Å². The first-order valence-corrected chi connectivity index (χ1v) is 12.7. The number of carboxylic acids is 2. The monoisotopic (exact) mass is 535 g/mol. The molecule has 1 atom stereocenters. The highest BCUT2D eigenvalue weighted by Gasteiger charge is 2.31. The van der Waals surface area contributed by atoms with Crippen molar-refractivity contribution in [3.8, 4) is 17.2 Å². The Kier molecular flexibility index (Phi) is 9.39. The average Bonchev–Trinajstić information content (AvgIpc) is 2.93. The van der Waals surface area contributed by atoms with E-state index in [2.05, 4.69) is 0 Å². The van der Waals surface area contributed by atoms with Crippen molar-refractivity contribution in [2.45, 2.75) is 25.4 Å². The molecule has 0 bridgehead atoms. The molecule has 0 radical (unpaired) electrons. The van der Waals surface area contributed by atoms with Crippen molar-refractivity contribution in [2.24, 2.45) is 0 Å². The SMILES string of the molecule is O=C(O)CCCN1CC(C(=O)O)Oc2c(/C=C/c3ccc(OCCCOc4ccc(F)cc4)cc3)cccc21. The van der Waals surface area contributed by atoms with Gasteiger partial charge in [-0.05, 0) is 54.4 Å². The molecule has 0 fully saturated rings. The van der Waals surface area contributed by atoms with Gasteiger partial charge < -0.3 is 29.3 Å². The molecule has 39 heavy (non-hydrogen) atoms. The van der Waals surface area contributed by atoms with Crippen molar-refractivity contribution in [3.05, 3.63) is 83.7 Å². The molecule has 3 aromatic carbocycles. The molecule has 0 aromatic heterocycles. The maximum Gasteiger partial charge on any atom is 0.346 e. The van der Waals surface area contributed by atoms with Gasteiger partial charge in [-0.15, -0.1) is 0 Å². The van der Waals surface area contributed by atoms with Gasteiger partial charge in [0.1, 0.15) is 17.3 Å². The first-order chi connectivity index (χ1) is 18.9. The van der Waals surface area contributed by atoms with Crippen LogP contribution in [0.15, 0.2) is 66.7 Å². The Morgan fingerprint density at radius 3 is 2.23 bits per heavy atom. The second-order valence-electron chi connectivity index (χ2n) is 8.99. The number of carbonyl (C=O) groups is 2. The van der Waals surface area contributed by atoms with Gasteiger partial charge in [0.25, 0.3) is 0 Å². The predicted octanol–water partition coefficient (Wildman–Crippen LogP) is 5.36. The van der Waals surface area contributed by atoms with Crippen LogP contribution in [0.25, 0.3) is 12.2 Å². The van der Waals surface area contributed by atoms with Crippen LogP contribution in [0.3, 0.4) is 0 Å². The van der Waals surface area contributed by atoms with E-state index in [9.17, 15) is 19.1 Å². The van der Waals surface area contributed by atoms with Crippen LogP contribution >= 0.6 is 0 Å². The third-order valence-electron chi connectivity index (χ3n) is 6.08. The lowest BCUT2D eigenvalue weighted by atomic mass is 10.1. The second-order valence-corrected chi connectivity index (χ2v) is 8.99. The van der Waals surface area contributed by atoms with Crippen molar-refractivity contribution in [1.82, 2.24) is 0 Å². The molecule has 0 amide bonds. The first-order valence-electron chi connectivity index (χ1n) is 12.7. The van der Waals surface area contributed by atoms with Crippen molar-refractivity contribution in [2.75, 3.05) is 31.2 Å². The summed E-state index contributed by atoms with van der Waals surface area (Å²) in [6.45, 7) is 1.49. The van der Waals surface area contributed by atoms with Gasteiger partial charge in [-0.1, -0.05) is 36.4 Å². The summed E-state index contributed by atoms with van der Waals surface area (Å²) in [7, 11) is 0. The number of halogens is 1. The summed E-state index contributed by atoms with van der Waals surface area (Å²) >= 11 is 0. The van der Waals surface area contributed by atoms with Crippen LogP contribution in [-0.2, 0) is 9.59 Å². The summed E-state index contributed by atoms with van der Waals surface area (Å²) in [5, 5.41) is 18.5. The number of hydrogen-bond acceptors (Lipinski definition) is 6. The lowest BCUT2D eigenvalue weighted by Gasteiger charge is -2.35. The van der Waals surface area contributed by atoms with E-state index in [1.165, 1.54) is 12.1 Å². The minimum Gasteiger partial charge on any atom is -0.493 e. The molecule has 1 aliphatic heterocycles. The van der Waals surface area contributed by atoms with Crippen LogP contribution in [0.1, 0.15) is 30.4 Å². The number of ether oxygens (including phenoxy) is 3. The largest absolute Gasteiger partial charge is 0.493 e. The molecule has 0 saturated heterocycles. The molecule has 3 aromatic rings. The lowest BCUT2D eigenvalue weighted by molar-refractivity contribution is -0.145. The summed E-state index contributed by atoms with van der Waals surface area (Å²) in [6, 6.07) is 19.0.